The maximum atomic E-state index is 12.2. The van der Waals surface area contributed by atoms with Crippen molar-refractivity contribution in [2.75, 3.05) is 0 Å². The fraction of sp³-hybridized carbons (Fsp3) is 0.375. The second-order valence-corrected chi connectivity index (χ2v) is 5.74. The third kappa shape index (κ3) is 3.28. The number of Topliss-reactive ketones (excluding diaryl/α,β-unsaturated/α-hetero) is 1. The highest BCUT2D eigenvalue weighted by atomic mass is 35.5. The number of halogens is 1. The Labute approximate surface area is 124 Å². The lowest BCUT2D eigenvalue weighted by atomic mass is 10.0. The number of hydrogen-bond donors (Lipinski definition) is 0. The van der Waals surface area contributed by atoms with Crippen molar-refractivity contribution in [2.24, 2.45) is 7.05 Å². The van der Waals surface area contributed by atoms with Crippen LogP contribution in [0.15, 0.2) is 18.2 Å². The number of aryl methyl sites for hydroxylation is 4. The van der Waals surface area contributed by atoms with Crippen LogP contribution in [0.4, 0.5) is 0 Å². The third-order valence-electron chi connectivity index (χ3n) is 3.31. The molecule has 0 fully saturated rings. The van der Waals surface area contributed by atoms with Gasteiger partial charge in [-0.1, -0.05) is 40.9 Å². The number of rotatable bonds is 4. The van der Waals surface area contributed by atoms with Gasteiger partial charge in [0.25, 0.3) is 0 Å². The quantitative estimate of drug-likeness (QED) is 0.865. The van der Waals surface area contributed by atoms with Crippen LogP contribution in [0.3, 0.4) is 0 Å². The number of nitrogens with zero attached hydrogens (tertiary/aromatic N) is 2. The Morgan fingerprint density at radius 2 is 1.75 bits per heavy atom. The molecule has 20 heavy (non-hydrogen) atoms. The van der Waals surface area contributed by atoms with Crippen LogP contribution in [0.1, 0.15) is 28.1 Å². The van der Waals surface area contributed by atoms with Crippen LogP contribution in [0.5, 0.6) is 0 Å². The molecule has 0 bridgehead atoms. The molecule has 1 aromatic heterocycles. The van der Waals surface area contributed by atoms with Gasteiger partial charge in [-0.05, 0) is 26.3 Å². The number of benzene rings is 1. The Bertz CT molecular complexity index is 638. The van der Waals surface area contributed by atoms with Crippen molar-refractivity contribution in [1.29, 1.82) is 0 Å². The molecule has 1 heterocycles. The molecule has 0 spiro atoms. The minimum absolute atomic E-state index is 0.153. The molecule has 2 aromatic rings. The van der Waals surface area contributed by atoms with E-state index in [-0.39, 0.29) is 5.78 Å². The minimum atomic E-state index is 0.153. The molecule has 3 nitrogen and oxygen atoms in total. The first-order valence-corrected chi connectivity index (χ1v) is 7.01. The van der Waals surface area contributed by atoms with E-state index in [1.54, 1.807) is 4.68 Å². The number of hydrogen-bond acceptors (Lipinski definition) is 2. The zero-order valence-corrected chi connectivity index (χ0v) is 13.1. The van der Waals surface area contributed by atoms with Gasteiger partial charge in [-0.3, -0.25) is 9.48 Å². The fourth-order valence-corrected chi connectivity index (χ4v) is 2.75. The molecule has 106 valence electrons. The Morgan fingerprint density at radius 3 is 2.25 bits per heavy atom. The molecule has 1 aromatic carbocycles. The van der Waals surface area contributed by atoms with E-state index >= 15 is 0 Å². The number of ketones is 1. The molecule has 2 rings (SSSR count). The lowest BCUT2D eigenvalue weighted by molar-refractivity contribution is -0.117. The molecule has 0 saturated heterocycles. The number of aromatic nitrogens is 2. The van der Waals surface area contributed by atoms with Gasteiger partial charge in [-0.2, -0.15) is 5.10 Å². The zero-order valence-electron chi connectivity index (χ0n) is 12.3. The van der Waals surface area contributed by atoms with Crippen molar-refractivity contribution in [3.63, 3.8) is 0 Å². The highest BCUT2D eigenvalue weighted by Crippen LogP contribution is 2.20. The summed E-state index contributed by atoms with van der Waals surface area (Å²) >= 11 is 6.18. The number of carbonyl (C=O) groups excluding carboxylic acids is 1. The highest BCUT2D eigenvalue weighted by Gasteiger charge is 2.15. The maximum Gasteiger partial charge on any atom is 0.143 e. The molecule has 0 unspecified atom stereocenters. The standard InChI is InChI=1S/C16H19ClN2O/c1-10-5-11(2)7-13(6-10)8-14(20)9-15-16(17)12(3)18-19(15)4/h5-7H,8-9H2,1-4H3. The van der Waals surface area contributed by atoms with E-state index in [9.17, 15) is 4.79 Å². The van der Waals surface area contributed by atoms with E-state index in [0.29, 0.717) is 17.9 Å². The van der Waals surface area contributed by atoms with E-state index < -0.39 is 0 Å². The monoisotopic (exact) mass is 290 g/mol. The van der Waals surface area contributed by atoms with Gasteiger partial charge in [0.05, 0.1) is 22.8 Å². The van der Waals surface area contributed by atoms with E-state index in [4.69, 9.17) is 11.6 Å². The van der Waals surface area contributed by atoms with E-state index in [1.807, 2.05) is 27.8 Å². The lowest BCUT2D eigenvalue weighted by Gasteiger charge is -2.05. The van der Waals surface area contributed by atoms with Crippen molar-refractivity contribution < 1.29 is 4.79 Å². The average molecular weight is 291 g/mol. The second kappa shape index (κ2) is 5.80. The third-order valence-corrected chi connectivity index (χ3v) is 3.80. The molecule has 0 aliphatic heterocycles. The molecule has 0 N–H and O–H groups in total. The van der Waals surface area contributed by atoms with Gasteiger partial charge < -0.3 is 0 Å². The molecule has 0 radical (unpaired) electrons. The van der Waals surface area contributed by atoms with Crippen molar-refractivity contribution >= 4 is 17.4 Å². The Balaban J connectivity index is 2.13. The summed E-state index contributed by atoms with van der Waals surface area (Å²) in [4.78, 5) is 12.2. The summed E-state index contributed by atoms with van der Waals surface area (Å²) in [6.45, 7) is 5.94. The molecular weight excluding hydrogens is 272 g/mol. The van der Waals surface area contributed by atoms with E-state index in [1.165, 1.54) is 11.1 Å². The zero-order chi connectivity index (χ0) is 14.9. The minimum Gasteiger partial charge on any atom is -0.299 e. The molecule has 0 aliphatic rings. The van der Waals surface area contributed by atoms with Crippen molar-refractivity contribution in [2.45, 2.75) is 33.6 Å². The maximum absolute atomic E-state index is 12.2. The SMILES string of the molecule is Cc1cc(C)cc(CC(=O)Cc2c(Cl)c(C)nn2C)c1. The van der Waals surface area contributed by atoms with Gasteiger partial charge in [-0.15, -0.1) is 0 Å². The first-order valence-electron chi connectivity index (χ1n) is 6.63. The normalized spacial score (nSPS) is 10.8. The van der Waals surface area contributed by atoms with Gasteiger partial charge >= 0.3 is 0 Å². The lowest BCUT2D eigenvalue weighted by Crippen LogP contribution is -2.10. The first-order chi connectivity index (χ1) is 9.36. The Morgan fingerprint density at radius 1 is 1.15 bits per heavy atom. The van der Waals surface area contributed by atoms with Crippen LogP contribution < -0.4 is 0 Å². The van der Waals surface area contributed by atoms with E-state index in [0.717, 1.165) is 17.0 Å². The number of carbonyl (C=O) groups is 1. The topological polar surface area (TPSA) is 34.9 Å². The Kier molecular flexibility index (Phi) is 4.29. The molecule has 4 heteroatoms. The molecule has 0 amide bonds. The molecule has 0 aliphatic carbocycles. The van der Waals surface area contributed by atoms with Gasteiger partial charge in [0.1, 0.15) is 5.78 Å². The van der Waals surface area contributed by atoms with Crippen LogP contribution in [0.2, 0.25) is 5.02 Å². The van der Waals surface area contributed by atoms with Crippen LogP contribution in [0, 0.1) is 20.8 Å². The van der Waals surface area contributed by atoms with Crippen LogP contribution >= 0.6 is 11.6 Å². The van der Waals surface area contributed by atoms with Crippen LogP contribution in [-0.4, -0.2) is 15.6 Å². The summed E-state index contributed by atoms with van der Waals surface area (Å²) in [5, 5.41) is 4.83. The largest absolute Gasteiger partial charge is 0.299 e. The summed E-state index contributed by atoms with van der Waals surface area (Å²) in [5.41, 5.74) is 4.98. The molecular formula is C16H19ClN2O. The summed E-state index contributed by atoms with van der Waals surface area (Å²) in [5.74, 6) is 0.153. The van der Waals surface area contributed by atoms with E-state index in [2.05, 4.69) is 23.3 Å². The van der Waals surface area contributed by atoms with Crippen molar-refractivity contribution in [1.82, 2.24) is 9.78 Å². The average Bonchev–Trinajstić information content (AvgIpc) is 2.54. The predicted molar refractivity (Wildman–Crippen MR) is 81.3 cm³/mol. The molecule has 0 atom stereocenters. The highest BCUT2D eigenvalue weighted by molar-refractivity contribution is 6.32. The molecule has 0 saturated carbocycles. The smallest absolute Gasteiger partial charge is 0.143 e. The fourth-order valence-electron chi connectivity index (χ4n) is 2.52. The predicted octanol–water partition coefficient (Wildman–Crippen LogP) is 3.35. The second-order valence-electron chi connectivity index (χ2n) is 5.36. The van der Waals surface area contributed by atoms with Crippen LogP contribution in [-0.2, 0) is 24.7 Å². The van der Waals surface area contributed by atoms with Crippen molar-refractivity contribution in [3.05, 3.63) is 51.3 Å². The summed E-state index contributed by atoms with van der Waals surface area (Å²) in [6.07, 6.45) is 0.756. The summed E-state index contributed by atoms with van der Waals surface area (Å²) in [7, 11) is 1.82. The van der Waals surface area contributed by atoms with Gasteiger partial charge in [0, 0.05) is 13.5 Å². The van der Waals surface area contributed by atoms with Crippen LogP contribution in [0.25, 0.3) is 0 Å². The van der Waals surface area contributed by atoms with Crippen molar-refractivity contribution in [3.8, 4) is 0 Å². The Hall–Kier alpha value is -1.61. The van der Waals surface area contributed by atoms with Gasteiger partial charge in [0.15, 0.2) is 0 Å². The van der Waals surface area contributed by atoms with Gasteiger partial charge in [-0.25, -0.2) is 0 Å². The summed E-state index contributed by atoms with van der Waals surface area (Å²) < 4.78 is 1.69. The summed E-state index contributed by atoms with van der Waals surface area (Å²) in [6, 6.07) is 6.22. The first kappa shape index (κ1) is 14.8. The van der Waals surface area contributed by atoms with Gasteiger partial charge in [0.2, 0.25) is 0 Å².